The molecule has 0 unspecified atom stereocenters. The van der Waals surface area contributed by atoms with Crippen LogP contribution in [0.2, 0.25) is 0 Å². The maximum absolute atomic E-state index is 8.79. The summed E-state index contributed by atoms with van der Waals surface area (Å²) in [6.07, 6.45) is 3.24. The third-order valence-electron chi connectivity index (χ3n) is 2.19. The Kier molecular flexibility index (Phi) is 3.72. The molecule has 5 heteroatoms. The summed E-state index contributed by atoms with van der Waals surface area (Å²) >= 11 is 0. The summed E-state index contributed by atoms with van der Waals surface area (Å²) in [4.78, 5) is 8.25. The minimum atomic E-state index is 0.561. The van der Waals surface area contributed by atoms with Crippen LogP contribution in [-0.2, 0) is 0 Å². The van der Waals surface area contributed by atoms with Gasteiger partial charge in [-0.1, -0.05) is 0 Å². The van der Waals surface area contributed by atoms with Crippen molar-refractivity contribution in [2.45, 2.75) is 6.92 Å². The van der Waals surface area contributed by atoms with E-state index in [2.05, 4.69) is 21.4 Å². The highest BCUT2D eigenvalue weighted by atomic mass is 16.5. The highest BCUT2D eigenvalue weighted by Gasteiger charge is 1.99. The molecular weight excluding hydrogens is 228 g/mol. The molecule has 0 aliphatic rings. The van der Waals surface area contributed by atoms with E-state index in [1.54, 1.807) is 30.6 Å². The van der Waals surface area contributed by atoms with Crippen molar-refractivity contribution in [2.75, 3.05) is 11.9 Å². The first kappa shape index (κ1) is 11.9. The zero-order valence-corrected chi connectivity index (χ0v) is 9.92. The zero-order chi connectivity index (χ0) is 12.8. The number of hydrogen-bond donors (Lipinski definition) is 1. The summed E-state index contributed by atoms with van der Waals surface area (Å²) in [5, 5.41) is 11.9. The molecule has 2 aromatic heterocycles. The van der Waals surface area contributed by atoms with E-state index in [0.717, 1.165) is 5.69 Å². The van der Waals surface area contributed by atoms with E-state index in [-0.39, 0.29) is 0 Å². The van der Waals surface area contributed by atoms with Crippen molar-refractivity contribution in [2.24, 2.45) is 0 Å². The van der Waals surface area contributed by atoms with Gasteiger partial charge < -0.3 is 10.1 Å². The van der Waals surface area contributed by atoms with Crippen LogP contribution in [0, 0.1) is 11.3 Å². The van der Waals surface area contributed by atoms with Crippen LogP contribution < -0.4 is 10.1 Å². The summed E-state index contributed by atoms with van der Waals surface area (Å²) in [5.74, 6) is 1.20. The number of hydrogen-bond acceptors (Lipinski definition) is 5. The minimum Gasteiger partial charge on any atom is -0.478 e. The Balaban J connectivity index is 2.11. The highest BCUT2D eigenvalue weighted by Crippen LogP contribution is 2.16. The van der Waals surface area contributed by atoms with E-state index >= 15 is 0 Å². The molecule has 0 fully saturated rings. The molecule has 2 aromatic rings. The number of rotatable bonds is 4. The summed E-state index contributed by atoms with van der Waals surface area (Å²) in [6.45, 7) is 2.50. The van der Waals surface area contributed by atoms with Crippen molar-refractivity contribution in [3.05, 3.63) is 42.2 Å². The number of nitrogens with one attached hydrogen (secondary N) is 1. The normalized spacial score (nSPS) is 9.56. The van der Waals surface area contributed by atoms with E-state index in [1.165, 1.54) is 0 Å². The van der Waals surface area contributed by atoms with Crippen molar-refractivity contribution >= 4 is 11.5 Å². The molecule has 1 N–H and O–H groups in total. The molecule has 0 saturated heterocycles. The molecule has 18 heavy (non-hydrogen) atoms. The van der Waals surface area contributed by atoms with Crippen LogP contribution in [-0.4, -0.2) is 16.6 Å². The zero-order valence-electron chi connectivity index (χ0n) is 9.92. The van der Waals surface area contributed by atoms with Crippen LogP contribution in [0.1, 0.15) is 12.5 Å². The molecular formula is C13H12N4O. The molecule has 0 aromatic carbocycles. The van der Waals surface area contributed by atoms with E-state index in [9.17, 15) is 0 Å². The van der Waals surface area contributed by atoms with Crippen LogP contribution in [0.3, 0.4) is 0 Å². The average Bonchev–Trinajstić information content (AvgIpc) is 2.42. The maximum Gasteiger partial charge on any atom is 0.213 e. The summed E-state index contributed by atoms with van der Waals surface area (Å²) in [6, 6.07) is 9.02. The first-order valence-corrected chi connectivity index (χ1v) is 5.54. The molecule has 2 heterocycles. The maximum atomic E-state index is 8.79. The number of pyridine rings is 2. The molecule has 0 bridgehead atoms. The van der Waals surface area contributed by atoms with Gasteiger partial charge in [0.05, 0.1) is 30.1 Å². The fourth-order valence-corrected chi connectivity index (χ4v) is 1.40. The lowest BCUT2D eigenvalue weighted by atomic mass is 10.3. The van der Waals surface area contributed by atoms with Gasteiger partial charge in [-0.25, -0.2) is 9.97 Å². The Morgan fingerprint density at radius 2 is 2.22 bits per heavy atom. The Morgan fingerprint density at radius 1 is 1.33 bits per heavy atom. The van der Waals surface area contributed by atoms with Gasteiger partial charge in [-0.05, 0) is 25.1 Å². The molecule has 90 valence electrons. The second-order valence-corrected chi connectivity index (χ2v) is 3.48. The van der Waals surface area contributed by atoms with Gasteiger partial charge in [0, 0.05) is 12.3 Å². The van der Waals surface area contributed by atoms with Gasteiger partial charge in [0.15, 0.2) is 0 Å². The molecule has 0 spiro atoms. The lowest BCUT2D eigenvalue weighted by Gasteiger charge is -2.06. The van der Waals surface area contributed by atoms with Crippen molar-refractivity contribution in [1.29, 1.82) is 5.26 Å². The first-order valence-electron chi connectivity index (χ1n) is 5.54. The topological polar surface area (TPSA) is 70.8 Å². The Morgan fingerprint density at radius 3 is 2.89 bits per heavy atom. The van der Waals surface area contributed by atoms with Crippen molar-refractivity contribution < 1.29 is 4.74 Å². The molecule has 0 aliphatic carbocycles. The Bertz CT molecular complexity index is 560. The predicted octanol–water partition coefficient (Wildman–Crippen LogP) is 2.49. The molecule has 0 atom stereocenters. The lowest BCUT2D eigenvalue weighted by molar-refractivity contribution is 0.327. The first-order chi connectivity index (χ1) is 8.81. The summed E-state index contributed by atoms with van der Waals surface area (Å²) in [7, 11) is 0. The van der Waals surface area contributed by atoms with Gasteiger partial charge in [0.25, 0.3) is 0 Å². The van der Waals surface area contributed by atoms with Crippen LogP contribution in [0.4, 0.5) is 11.5 Å². The summed E-state index contributed by atoms with van der Waals surface area (Å²) in [5.41, 5.74) is 1.35. The van der Waals surface area contributed by atoms with Gasteiger partial charge in [-0.15, -0.1) is 0 Å². The van der Waals surface area contributed by atoms with Crippen LogP contribution in [0.25, 0.3) is 0 Å². The van der Waals surface area contributed by atoms with Gasteiger partial charge in [-0.2, -0.15) is 5.26 Å². The predicted molar refractivity (Wildman–Crippen MR) is 67.6 cm³/mol. The van der Waals surface area contributed by atoms with Crippen molar-refractivity contribution in [3.8, 4) is 11.9 Å². The van der Waals surface area contributed by atoms with Crippen molar-refractivity contribution in [3.63, 3.8) is 0 Å². The van der Waals surface area contributed by atoms with E-state index < -0.39 is 0 Å². The quantitative estimate of drug-likeness (QED) is 0.889. The van der Waals surface area contributed by atoms with Gasteiger partial charge in [-0.3, -0.25) is 0 Å². The van der Waals surface area contributed by atoms with Crippen LogP contribution in [0.15, 0.2) is 36.7 Å². The second-order valence-electron chi connectivity index (χ2n) is 3.48. The highest BCUT2D eigenvalue weighted by molar-refractivity contribution is 5.56. The van der Waals surface area contributed by atoms with E-state index in [0.29, 0.717) is 23.9 Å². The fourth-order valence-electron chi connectivity index (χ4n) is 1.40. The molecule has 5 nitrogen and oxygen atoms in total. The Hall–Kier alpha value is -2.61. The van der Waals surface area contributed by atoms with Gasteiger partial charge >= 0.3 is 0 Å². The van der Waals surface area contributed by atoms with E-state index in [1.807, 2.05) is 13.0 Å². The lowest BCUT2D eigenvalue weighted by Crippen LogP contribution is -1.97. The molecule has 0 saturated carbocycles. The number of nitrogens with zero attached hydrogens (tertiary/aromatic N) is 3. The number of nitriles is 1. The number of anilines is 2. The largest absolute Gasteiger partial charge is 0.478 e. The third kappa shape index (κ3) is 2.95. The van der Waals surface area contributed by atoms with Crippen LogP contribution in [0.5, 0.6) is 5.88 Å². The SMILES string of the molecule is CCOc1ccc(Nc2cc(C#N)ccn2)cn1. The molecule has 2 rings (SSSR count). The smallest absolute Gasteiger partial charge is 0.213 e. The standard InChI is InChI=1S/C13H12N4O/c1-2-18-13-4-3-11(9-16-13)17-12-7-10(8-14)5-6-15-12/h3-7,9H,2H2,1H3,(H,15,17). The number of ether oxygens (including phenoxy) is 1. The Labute approximate surface area is 105 Å². The van der Waals surface area contributed by atoms with Gasteiger partial charge in [0.1, 0.15) is 5.82 Å². The molecule has 0 amide bonds. The number of aromatic nitrogens is 2. The van der Waals surface area contributed by atoms with E-state index in [4.69, 9.17) is 10.00 Å². The average molecular weight is 240 g/mol. The third-order valence-corrected chi connectivity index (χ3v) is 2.19. The fraction of sp³-hybridized carbons (Fsp3) is 0.154. The summed E-state index contributed by atoms with van der Waals surface area (Å²) < 4.78 is 5.25. The van der Waals surface area contributed by atoms with Crippen LogP contribution >= 0.6 is 0 Å². The minimum absolute atomic E-state index is 0.561. The monoisotopic (exact) mass is 240 g/mol. The second kappa shape index (κ2) is 5.64. The van der Waals surface area contributed by atoms with Gasteiger partial charge in [0.2, 0.25) is 5.88 Å². The molecule has 0 radical (unpaired) electrons. The molecule has 0 aliphatic heterocycles. The van der Waals surface area contributed by atoms with Crippen molar-refractivity contribution in [1.82, 2.24) is 9.97 Å².